The van der Waals surface area contributed by atoms with Crippen molar-refractivity contribution in [2.75, 3.05) is 10.6 Å². The Kier molecular flexibility index (Phi) is 6.74. The Bertz CT molecular complexity index is 1140. The molecule has 8 nitrogen and oxygen atoms in total. The first-order chi connectivity index (χ1) is 14.9. The van der Waals surface area contributed by atoms with Crippen LogP contribution in [0.2, 0.25) is 0 Å². The molecule has 0 aromatic heterocycles. The van der Waals surface area contributed by atoms with Gasteiger partial charge in [-0.25, -0.2) is 5.43 Å². The van der Waals surface area contributed by atoms with Gasteiger partial charge in [0, 0.05) is 5.69 Å². The SMILES string of the molecule is Cc1ccc(NC(=O)c2ccccc2NC(=O)C(=O)N/N=C/c2cccc(O)c2)cc1. The number of hydrazone groups is 1. The topological polar surface area (TPSA) is 120 Å². The van der Waals surface area contributed by atoms with Gasteiger partial charge in [-0.15, -0.1) is 0 Å². The Morgan fingerprint density at radius 2 is 1.61 bits per heavy atom. The van der Waals surface area contributed by atoms with Crippen molar-refractivity contribution in [3.05, 3.63) is 89.5 Å². The van der Waals surface area contributed by atoms with Crippen LogP contribution < -0.4 is 16.1 Å². The summed E-state index contributed by atoms with van der Waals surface area (Å²) in [7, 11) is 0. The summed E-state index contributed by atoms with van der Waals surface area (Å²) in [5, 5.41) is 18.3. The molecule has 156 valence electrons. The van der Waals surface area contributed by atoms with Crippen molar-refractivity contribution < 1.29 is 19.5 Å². The number of benzene rings is 3. The van der Waals surface area contributed by atoms with Crippen molar-refractivity contribution in [1.29, 1.82) is 0 Å². The number of carbonyl (C=O) groups excluding carboxylic acids is 3. The zero-order chi connectivity index (χ0) is 22.2. The molecule has 0 saturated carbocycles. The molecule has 0 bridgehead atoms. The molecule has 3 amide bonds. The third kappa shape index (κ3) is 6.01. The van der Waals surface area contributed by atoms with Crippen LogP contribution in [0.3, 0.4) is 0 Å². The summed E-state index contributed by atoms with van der Waals surface area (Å²) >= 11 is 0. The molecule has 0 radical (unpaired) electrons. The summed E-state index contributed by atoms with van der Waals surface area (Å²) in [6.45, 7) is 1.94. The maximum Gasteiger partial charge on any atom is 0.329 e. The van der Waals surface area contributed by atoms with Crippen LogP contribution in [-0.4, -0.2) is 29.0 Å². The summed E-state index contributed by atoms with van der Waals surface area (Å²) < 4.78 is 0. The van der Waals surface area contributed by atoms with Crippen LogP contribution in [0, 0.1) is 6.92 Å². The number of aryl methyl sites for hydroxylation is 1. The average Bonchev–Trinajstić information content (AvgIpc) is 2.75. The molecule has 0 aliphatic heterocycles. The molecule has 0 fully saturated rings. The van der Waals surface area contributed by atoms with Crippen molar-refractivity contribution in [1.82, 2.24) is 5.43 Å². The first-order valence-electron chi connectivity index (χ1n) is 9.33. The molecule has 3 aromatic rings. The van der Waals surface area contributed by atoms with E-state index < -0.39 is 17.7 Å². The minimum absolute atomic E-state index is 0.0496. The number of nitrogens with zero attached hydrogens (tertiary/aromatic N) is 1. The molecule has 0 spiro atoms. The molecule has 0 heterocycles. The van der Waals surface area contributed by atoms with Gasteiger partial charge in [-0.05, 0) is 48.9 Å². The highest BCUT2D eigenvalue weighted by Crippen LogP contribution is 2.18. The molecule has 3 rings (SSSR count). The first kappa shape index (κ1) is 21.3. The summed E-state index contributed by atoms with van der Waals surface area (Å²) in [6, 6.07) is 19.8. The van der Waals surface area contributed by atoms with E-state index in [4.69, 9.17) is 0 Å². The second kappa shape index (κ2) is 9.84. The highest BCUT2D eigenvalue weighted by molar-refractivity contribution is 6.40. The summed E-state index contributed by atoms with van der Waals surface area (Å²) in [6.07, 6.45) is 1.29. The van der Waals surface area contributed by atoms with Crippen molar-refractivity contribution in [3.63, 3.8) is 0 Å². The summed E-state index contributed by atoms with van der Waals surface area (Å²) in [4.78, 5) is 36.9. The second-order valence-electron chi connectivity index (χ2n) is 6.61. The molecular weight excluding hydrogens is 396 g/mol. The number of hydrogen-bond acceptors (Lipinski definition) is 5. The quantitative estimate of drug-likeness (QED) is 0.290. The lowest BCUT2D eigenvalue weighted by Crippen LogP contribution is -2.33. The van der Waals surface area contributed by atoms with Gasteiger partial charge in [0.15, 0.2) is 0 Å². The summed E-state index contributed by atoms with van der Waals surface area (Å²) in [5.41, 5.74) is 4.69. The molecule has 0 atom stereocenters. The normalized spacial score (nSPS) is 10.5. The van der Waals surface area contributed by atoms with Gasteiger partial charge in [0.05, 0.1) is 17.5 Å². The second-order valence-corrected chi connectivity index (χ2v) is 6.61. The molecule has 0 unspecified atom stereocenters. The van der Waals surface area contributed by atoms with E-state index in [-0.39, 0.29) is 17.0 Å². The van der Waals surface area contributed by atoms with Gasteiger partial charge in [0.1, 0.15) is 5.75 Å². The number of amides is 3. The van der Waals surface area contributed by atoms with Crippen LogP contribution in [0.1, 0.15) is 21.5 Å². The number of anilines is 2. The van der Waals surface area contributed by atoms with Crippen molar-refractivity contribution in [2.45, 2.75) is 6.92 Å². The molecule has 4 N–H and O–H groups in total. The van der Waals surface area contributed by atoms with Gasteiger partial charge >= 0.3 is 11.8 Å². The van der Waals surface area contributed by atoms with Crippen molar-refractivity contribution in [2.24, 2.45) is 5.10 Å². The molecular formula is C23H20N4O4. The lowest BCUT2D eigenvalue weighted by Gasteiger charge is -2.11. The molecule has 0 aliphatic carbocycles. The van der Waals surface area contributed by atoms with Gasteiger partial charge in [-0.2, -0.15) is 5.10 Å². The van der Waals surface area contributed by atoms with Crippen LogP contribution in [0.4, 0.5) is 11.4 Å². The smallest absolute Gasteiger partial charge is 0.329 e. The van der Waals surface area contributed by atoms with Gasteiger partial charge < -0.3 is 15.7 Å². The van der Waals surface area contributed by atoms with Crippen molar-refractivity contribution >= 4 is 35.3 Å². The maximum absolute atomic E-state index is 12.6. The van der Waals surface area contributed by atoms with Crippen LogP contribution in [-0.2, 0) is 9.59 Å². The van der Waals surface area contributed by atoms with Crippen LogP contribution in [0.15, 0.2) is 77.9 Å². The molecule has 31 heavy (non-hydrogen) atoms. The van der Waals surface area contributed by atoms with E-state index in [0.717, 1.165) is 5.56 Å². The zero-order valence-corrected chi connectivity index (χ0v) is 16.6. The van der Waals surface area contributed by atoms with E-state index in [1.54, 1.807) is 36.4 Å². The number of hydrogen-bond donors (Lipinski definition) is 4. The zero-order valence-electron chi connectivity index (χ0n) is 16.6. The Morgan fingerprint density at radius 1 is 0.871 bits per heavy atom. The van der Waals surface area contributed by atoms with Gasteiger partial charge in [0.2, 0.25) is 0 Å². The number of para-hydroxylation sites is 1. The first-order valence-corrected chi connectivity index (χ1v) is 9.33. The van der Waals surface area contributed by atoms with Gasteiger partial charge in [0.25, 0.3) is 5.91 Å². The fourth-order valence-corrected chi connectivity index (χ4v) is 2.63. The van der Waals surface area contributed by atoms with Gasteiger partial charge in [-0.3, -0.25) is 14.4 Å². The van der Waals surface area contributed by atoms with Crippen LogP contribution in [0.5, 0.6) is 5.75 Å². The lowest BCUT2D eigenvalue weighted by atomic mass is 10.1. The summed E-state index contributed by atoms with van der Waals surface area (Å²) in [5.74, 6) is -2.37. The number of nitrogens with one attached hydrogen (secondary N) is 3. The highest BCUT2D eigenvalue weighted by atomic mass is 16.3. The number of rotatable bonds is 5. The van der Waals surface area contributed by atoms with Crippen molar-refractivity contribution in [3.8, 4) is 5.75 Å². The van der Waals surface area contributed by atoms with E-state index in [1.807, 2.05) is 19.1 Å². The number of carbonyl (C=O) groups is 3. The standard InChI is InChI=1S/C23H20N4O4/c1-15-9-11-17(12-10-15)25-21(29)19-7-2-3-8-20(19)26-22(30)23(31)27-24-14-16-5-4-6-18(28)13-16/h2-14,28H,1H3,(H,25,29)(H,26,30)(H,27,31)/b24-14+. The number of aromatic hydroxyl groups is 1. The predicted octanol–water partition coefficient (Wildman–Crippen LogP) is 3.04. The maximum atomic E-state index is 12.6. The van der Waals surface area contributed by atoms with E-state index in [1.165, 1.54) is 30.5 Å². The Labute approximate surface area is 178 Å². The lowest BCUT2D eigenvalue weighted by molar-refractivity contribution is -0.136. The largest absolute Gasteiger partial charge is 0.508 e. The third-order valence-corrected chi connectivity index (χ3v) is 4.19. The minimum Gasteiger partial charge on any atom is -0.508 e. The third-order valence-electron chi connectivity index (χ3n) is 4.19. The highest BCUT2D eigenvalue weighted by Gasteiger charge is 2.17. The number of phenols is 1. The van der Waals surface area contributed by atoms with E-state index in [0.29, 0.717) is 11.3 Å². The Morgan fingerprint density at radius 3 is 2.35 bits per heavy atom. The number of phenolic OH excluding ortho intramolecular Hbond substituents is 1. The van der Waals surface area contributed by atoms with E-state index in [9.17, 15) is 19.5 Å². The molecule has 8 heteroatoms. The average molecular weight is 416 g/mol. The van der Waals surface area contributed by atoms with E-state index in [2.05, 4.69) is 21.2 Å². The molecule has 0 aliphatic rings. The Hall–Kier alpha value is -4.46. The fraction of sp³-hybridized carbons (Fsp3) is 0.0435. The van der Waals surface area contributed by atoms with Crippen LogP contribution >= 0.6 is 0 Å². The van der Waals surface area contributed by atoms with Crippen LogP contribution in [0.25, 0.3) is 0 Å². The molecule has 0 saturated heterocycles. The fourth-order valence-electron chi connectivity index (χ4n) is 2.63. The minimum atomic E-state index is -1.01. The monoisotopic (exact) mass is 416 g/mol. The predicted molar refractivity (Wildman–Crippen MR) is 118 cm³/mol. The molecule has 3 aromatic carbocycles. The van der Waals surface area contributed by atoms with Gasteiger partial charge in [-0.1, -0.05) is 42.0 Å². The Balaban J connectivity index is 1.63. The van der Waals surface area contributed by atoms with E-state index >= 15 is 0 Å².